The average Bonchev–Trinajstić information content (AvgIpc) is 2.78. The lowest BCUT2D eigenvalue weighted by molar-refractivity contribution is 0.600. The second-order valence-corrected chi connectivity index (χ2v) is 5.39. The fourth-order valence-corrected chi connectivity index (χ4v) is 3.25. The van der Waals surface area contributed by atoms with E-state index in [0.717, 1.165) is 13.1 Å². The molecule has 2 heterocycles. The molecule has 2 heteroatoms. The normalized spacial score (nSPS) is 19.4. The Morgan fingerprint density at radius 1 is 1.19 bits per heavy atom. The Balaban J connectivity index is 2.00. The van der Waals surface area contributed by atoms with Crippen LogP contribution < -0.4 is 5.32 Å². The van der Waals surface area contributed by atoms with Crippen LogP contribution in [0.3, 0.4) is 0 Å². The maximum absolute atomic E-state index is 3.50. The molecule has 0 spiro atoms. The predicted molar refractivity (Wildman–Crippen MR) is 69.0 cm³/mol. The van der Waals surface area contributed by atoms with Gasteiger partial charge in [-0.1, -0.05) is 29.8 Å². The minimum absolute atomic E-state index is 0.538. The number of thiophene rings is 1. The topological polar surface area (TPSA) is 12.0 Å². The third kappa shape index (κ3) is 1.68. The Hall–Kier alpha value is -1.12. The number of rotatable bonds is 1. The van der Waals surface area contributed by atoms with Crippen LogP contribution in [-0.2, 0) is 6.54 Å². The maximum Gasteiger partial charge on any atom is 0.0303 e. The predicted octanol–water partition coefficient (Wildman–Crippen LogP) is 3.29. The van der Waals surface area contributed by atoms with E-state index in [2.05, 4.69) is 48.0 Å². The van der Waals surface area contributed by atoms with Crippen LogP contribution in [0.2, 0.25) is 0 Å². The highest BCUT2D eigenvalue weighted by Crippen LogP contribution is 2.33. The number of fused-ring (bicyclic) bond motifs is 1. The second kappa shape index (κ2) is 4.04. The molecule has 1 unspecified atom stereocenters. The molecule has 1 aliphatic heterocycles. The third-order valence-electron chi connectivity index (χ3n) is 3.27. The Bertz CT molecular complexity index is 484. The molecule has 1 nitrogen and oxygen atoms in total. The summed E-state index contributed by atoms with van der Waals surface area (Å²) >= 11 is 1.86. The molecule has 0 radical (unpaired) electrons. The molecule has 1 aliphatic rings. The monoisotopic (exact) mass is 229 g/mol. The summed E-state index contributed by atoms with van der Waals surface area (Å²) in [6.07, 6.45) is 0. The molecule has 0 fully saturated rings. The third-order valence-corrected chi connectivity index (χ3v) is 4.21. The zero-order chi connectivity index (χ0) is 11.0. The first-order chi connectivity index (χ1) is 7.84. The lowest BCUT2D eigenvalue weighted by atomic mass is 9.89. The van der Waals surface area contributed by atoms with Gasteiger partial charge in [-0.15, -0.1) is 11.3 Å². The van der Waals surface area contributed by atoms with Crippen LogP contribution in [0.1, 0.15) is 27.5 Å². The van der Waals surface area contributed by atoms with Crippen molar-refractivity contribution < 1.29 is 0 Å². The lowest BCUT2D eigenvalue weighted by Crippen LogP contribution is -2.27. The van der Waals surface area contributed by atoms with Crippen molar-refractivity contribution in [1.29, 1.82) is 0 Å². The van der Waals surface area contributed by atoms with Gasteiger partial charge in [-0.2, -0.15) is 0 Å². The zero-order valence-electron chi connectivity index (χ0n) is 9.36. The van der Waals surface area contributed by atoms with Gasteiger partial charge in [0.2, 0.25) is 0 Å². The first-order valence-corrected chi connectivity index (χ1v) is 6.56. The Morgan fingerprint density at radius 2 is 2.00 bits per heavy atom. The molecule has 0 saturated heterocycles. The van der Waals surface area contributed by atoms with Gasteiger partial charge in [-0.25, -0.2) is 0 Å². The molecular formula is C14H15NS. The molecule has 1 N–H and O–H groups in total. The van der Waals surface area contributed by atoms with E-state index in [1.54, 1.807) is 0 Å². The van der Waals surface area contributed by atoms with Crippen molar-refractivity contribution in [2.24, 2.45) is 0 Å². The average molecular weight is 229 g/mol. The largest absolute Gasteiger partial charge is 0.311 e. The van der Waals surface area contributed by atoms with Crippen molar-refractivity contribution in [1.82, 2.24) is 5.32 Å². The minimum atomic E-state index is 0.538. The van der Waals surface area contributed by atoms with Crippen LogP contribution in [0.5, 0.6) is 0 Å². The van der Waals surface area contributed by atoms with Crippen LogP contribution in [0.4, 0.5) is 0 Å². The SMILES string of the molecule is Cc1ccc(C2CNCc3sccc32)cc1. The van der Waals surface area contributed by atoms with Crippen LogP contribution >= 0.6 is 11.3 Å². The smallest absolute Gasteiger partial charge is 0.0303 e. The van der Waals surface area contributed by atoms with Crippen LogP contribution in [0, 0.1) is 6.92 Å². The number of hydrogen-bond donors (Lipinski definition) is 1. The number of benzene rings is 1. The molecule has 0 bridgehead atoms. The molecule has 0 amide bonds. The highest BCUT2D eigenvalue weighted by atomic mass is 32.1. The highest BCUT2D eigenvalue weighted by molar-refractivity contribution is 7.10. The molecule has 3 rings (SSSR count). The van der Waals surface area contributed by atoms with E-state index in [9.17, 15) is 0 Å². The summed E-state index contributed by atoms with van der Waals surface area (Å²) in [5, 5.41) is 5.71. The summed E-state index contributed by atoms with van der Waals surface area (Å²) in [4.78, 5) is 1.50. The molecule has 1 aromatic heterocycles. The quantitative estimate of drug-likeness (QED) is 0.791. The van der Waals surface area contributed by atoms with Crippen molar-refractivity contribution in [3.8, 4) is 0 Å². The van der Waals surface area contributed by atoms with Gasteiger partial charge in [0.1, 0.15) is 0 Å². The van der Waals surface area contributed by atoms with E-state index in [1.807, 2.05) is 11.3 Å². The van der Waals surface area contributed by atoms with Crippen molar-refractivity contribution in [2.45, 2.75) is 19.4 Å². The summed E-state index contributed by atoms with van der Waals surface area (Å²) in [5.74, 6) is 0.538. The molecule has 82 valence electrons. The van der Waals surface area contributed by atoms with Crippen LogP contribution in [-0.4, -0.2) is 6.54 Å². The van der Waals surface area contributed by atoms with E-state index >= 15 is 0 Å². The molecule has 2 aromatic rings. The zero-order valence-corrected chi connectivity index (χ0v) is 10.2. The molecule has 0 aliphatic carbocycles. The summed E-state index contributed by atoms with van der Waals surface area (Å²) in [6, 6.07) is 11.2. The van der Waals surface area contributed by atoms with Gasteiger partial charge in [-0.05, 0) is 29.5 Å². The van der Waals surface area contributed by atoms with Gasteiger partial charge < -0.3 is 5.32 Å². The molecule has 16 heavy (non-hydrogen) atoms. The number of aryl methyl sites for hydroxylation is 1. The van der Waals surface area contributed by atoms with Gasteiger partial charge >= 0.3 is 0 Å². The van der Waals surface area contributed by atoms with Gasteiger partial charge in [0.15, 0.2) is 0 Å². The summed E-state index contributed by atoms with van der Waals surface area (Å²) in [7, 11) is 0. The number of hydrogen-bond acceptors (Lipinski definition) is 2. The van der Waals surface area contributed by atoms with Gasteiger partial charge in [0.25, 0.3) is 0 Å². The first kappa shape index (κ1) is 10.1. The van der Waals surface area contributed by atoms with Gasteiger partial charge in [0.05, 0.1) is 0 Å². The van der Waals surface area contributed by atoms with Crippen molar-refractivity contribution in [3.05, 3.63) is 57.3 Å². The second-order valence-electron chi connectivity index (χ2n) is 4.39. The highest BCUT2D eigenvalue weighted by Gasteiger charge is 2.21. The summed E-state index contributed by atoms with van der Waals surface area (Å²) in [6.45, 7) is 4.24. The lowest BCUT2D eigenvalue weighted by Gasteiger charge is -2.24. The van der Waals surface area contributed by atoms with E-state index in [4.69, 9.17) is 0 Å². The van der Waals surface area contributed by atoms with Gasteiger partial charge in [-0.3, -0.25) is 0 Å². The maximum atomic E-state index is 3.50. The summed E-state index contributed by atoms with van der Waals surface area (Å²) in [5.41, 5.74) is 4.28. The standard InChI is InChI=1S/C14H15NS/c1-10-2-4-11(5-3-10)13-8-15-9-14-12(13)6-7-16-14/h2-7,13,15H,8-9H2,1H3. The molecule has 0 saturated carbocycles. The molecular weight excluding hydrogens is 214 g/mol. The fraction of sp³-hybridized carbons (Fsp3) is 0.286. The number of nitrogens with one attached hydrogen (secondary N) is 1. The van der Waals surface area contributed by atoms with Crippen molar-refractivity contribution >= 4 is 11.3 Å². The Morgan fingerprint density at radius 3 is 2.81 bits per heavy atom. The molecule has 1 atom stereocenters. The van der Waals surface area contributed by atoms with Crippen LogP contribution in [0.25, 0.3) is 0 Å². The molecule has 1 aromatic carbocycles. The minimum Gasteiger partial charge on any atom is -0.311 e. The van der Waals surface area contributed by atoms with Crippen LogP contribution in [0.15, 0.2) is 35.7 Å². The van der Waals surface area contributed by atoms with E-state index < -0.39 is 0 Å². The summed E-state index contributed by atoms with van der Waals surface area (Å²) < 4.78 is 0. The Labute approximate surface area is 100 Å². The van der Waals surface area contributed by atoms with Crippen molar-refractivity contribution in [2.75, 3.05) is 6.54 Å². The van der Waals surface area contributed by atoms with Gasteiger partial charge in [0, 0.05) is 23.9 Å². The first-order valence-electron chi connectivity index (χ1n) is 5.68. The fourth-order valence-electron chi connectivity index (χ4n) is 2.34. The van der Waals surface area contributed by atoms with E-state index in [-0.39, 0.29) is 0 Å². The van der Waals surface area contributed by atoms with E-state index in [0.29, 0.717) is 5.92 Å². The van der Waals surface area contributed by atoms with E-state index in [1.165, 1.54) is 21.6 Å². The Kier molecular flexibility index (Phi) is 2.54. The van der Waals surface area contributed by atoms with Crippen molar-refractivity contribution in [3.63, 3.8) is 0 Å².